The Kier molecular flexibility index (Phi) is 8.07. The number of benzene rings is 2. The van der Waals surface area contributed by atoms with Crippen molar-refractivity contribution in [3.05, 3.63) is 63.6 Å². The number of aliphatic imine (C=N–C) groups is 1. The van der Waals surface area contributed by atoms with Gasteiger partial charge in [-0.3, -0.25) is 10.2 Å². The van der Waals surface area contributed by atoms with Crippen molar-refractivity contribution >= 4 is 55.7 Å². The summed E-state index contributed by atoms with van der Waals surface area (Å²) in [6.45, 7) is 7.06. The van der Waals surface area contributed by atoms with Crippen LogP contribution >= 0.6 is 27.7 Å². The molecule has 0 aromatic heterocycles. The minimum atomic E-state index is -0.462. The molecule has 0 aliphatic carbocycles. The van der Waals surface area contributed by atoms with E-state index in [1.807, 2.05) is 37.3 Å². The molecule has 9 heteroatoms. The largest absolute Gasteiger partial charge is 0.490 e. The van der Waals surface area contributed by atoms with Gasteiger partial charge in [0.2, 0.25) is 5.17 Å². The van der Waals surface area contributed by atoms with Gasteiger partial charge >= 0.3 is 0 Å². The van der Waals surface area contributed by atoms with Crippen LogP contribution in [0.25, 0.3) is 6.08 Å². The second kappa shape index (κ2) is 11.2. The van der Waals surface area contributed by atoms with Gasteiger partial charge in [0.1, 0.15) is 29.8 Å². The van der Waals surface area contributed by atoms with E-state index in [2.05, 4.69) is 52.0 Å². The molecule has 2 aliphatic heterocycles. The predicted octanol–water partition coefficient (Wildman–Crippen LogP) is 6.45. The quantitative estimate of drug-likeness (QED) is 0.284. The van der Waals surface area contributed by atoms with Gasteiger partial charge in [0.15, 0.2) is 5.84 Å². The molecule has 1 amide bonds. The van der Waals surface area contributed by atoms with E-state index >= 15 is 0 Å². The molecule has 0 spiro atoms. The lowest BCUT2D eigenvalue weighted by Crippen LogP contribution is -2.35. The minimum Gasteiger partial charge on any atom is -0.490 e. The number of hydrogen-bond donors (Lipinski definition) is 1. The van der Waals surface area contributed by atoms with E-state index in [4.69, 9.17) is 14.9 Å². The van der Waals surface area contributed by atoms with E-state index in [1.165, 1.54) is 22.3 Å². The molecule has 2 aliphatic rings. The van der Waals surface area contributed by atoms with Crippen LogP contribution in [0.2, 0.25) is 0 Å². The normalized spacial score (nSPS) is 17.3. The molecule has 0 saturated heterocycles. The van der Waals surface area contributed by atoms with Gasteiger partial charge in [-0.15, -0.1) is 0 Å². The van der Waals surface area contributed by atoms with E-state index in [1.54, 1.807) is 6.08 Å². The maximum Gasteiger partial charge on any atom is 0.283 e. The second-order valence-corrected chi connectivity index (χ2v) is 10.1. The molecule has 35 heavy (non-hydrogen) atoms. The topological polar surface area (TPSA) is 87.3 Å². The smallest absolute Gasteiger partial charge is 0.283 e. The van der Waals surface area contributed by atoms with Crippen molar-refractivity contribution in [2.45, 2.75) is 39.5 Å². The molecule has 1 atom stereocenters. The summed E-state index contributed by atoms with van der Waals surface area (Å²) in [4.78, 5) is 16.8. The van der Waals surface area contributed by atoms with Crippen LogP contribution in [0.5, 0.6) is 11.5 Å². The fraction of sp³-hybridized carbons (Fsp3) is 0.308. The number of ether oxygens (including phenoxy) is 2. The zero-order valence-electron chi connectivity index (χ0n) is 19.9. The third-order valence-electron chi connectivity index (χ3n) is 5.74. The SMILES string of the molecule is CCC1=NN2C(=N)C(=Cc3cc(Br)ccc3OCCOc3ccc(C(C)CC)cc3)C(=O)N=C2S1. The lowest BCUT2D eigenvalue weighted by Gasteiger charge is -2.20. The molecule has 0 bridgehead atoms. The van der Waals surface area contributed by atoms with E-state index in [0.717, 1.165) is 21.7 Å². The maximum absolute atomic E-state index is 12.7. The lowest BCUT2D eigenvalue weighted by molar-refractivity contribution is -0.114. The molecule has 182 valence electrons. The van der Waals surface area contributed by atoms with Crippen LogP contribution in [-0.4, -0.2) is 40.2 Å². The molecule has 0 fully saturated rings. The number of hydrogen-bond acceptors (Lipinski definition) is 6. The van der Waals surface area contributed by atoms with Gasteiger partial charge in [-0.1, -0.05) is 48.8 Å². The Morgan fingerprint density at radius 2 is 1.89 bits per heavy atom. The number of carbonyl (C=O) groups excluding carboxylic acids is 1. The third-order valence-corrected chi connectivity index (χ3v) is 7.29. The number of hydrazone groups is 1. The van der Waals surface area contributed by atoms with Crippen LogP contribution in [0.15, 0.2) is 62.6 Å². The van der Waals surface area contributed by atoms with E-state index in [9.17, 15) is 4.79 Å². The van der Waals surface area contributed by atoms with Crippen LogP contribution in [-0.2, 0) is 4.79 Å². The maximum atomic E-state index is 12.7. The summed E-state index contributed by atoms with van der Waals surface area (Å²) >= 11 is 4.80. The van der Waals surface area contributed by atoms with Gasteiger partial charge in [-0.25, -0.2) is 0 Å². The molecule has 2 aromatic rings. The summed E-state index contributed by atoms with van der Waals surface area (Å²) in [6, 6.07) is 13.7. The molecule has 0 saturated carbocycles. The molecule has 1 unspecified atom stereocenters. The van der Waals surface area contributed by atoms with Gasteiger partial charge < -0.3 is 9.47 Å². The summed E-state index contributed by atoms with van der Waals surface area (Å²) < 4.78 is 12.6. The van der Waals surface area contributed by atoms with Crippen molar-refractivity contribution in [1.82, 2.24) is 5.01 Å². The molecule has 4 rings (SSSR count). The van der Waals surface area contributed by atoms with Crippen molar-refractivity contribution in [2.75, 3.05) is 13.2 Å². The van der Waals surface area contributed by atoms with Crippen LogP contribution in [0.1, 0.15) is 50.7 Å². The summed E-state index contributed by atoms with van der Waals surface area (Å²) in [5.74, 6) is 1.45. The number of thioether (sulfide) groups is 1. The number of amidine groups is 2. The number of amides is 1. The first kappa shape index (κ1) is 25.2. The van der Waals surface area contributed by atoms with Crippen molar-refractivity contribution in [1.29, 1.82) is 5.41 Å². The van der Waals surface area contributed by atoms with Gasteiger partial charge in [-0.05, 0) is 72.5 Å². The first-order valence-electron chi connectivity index (χ1n) is 11.5. The Bertz CT molecular complexity index is 1220. The standard InChI is InChI=1S/C26H27BrN4O3S/c1-4-16(3)17-6-9-20(10-7-17)33-12-13-34-22-11-8-19(27)14-18(22)15-21-24(28)31-26(29-25(21)32)35-23(5-2)30-31/h6-11,14-16,28H,4-5,12-13H2,1-3H3. The Morgan fingerprint density at radius 1 is 1.14 bits per heavy atom. The number of carbonyl (C=O) groups is 1. The Hall–Kier alpha value is -2.91. The van der Waals surface area contributed by atoms with Gasteiger partial charge in [-0.2, -0.15) is 15.1 Å². The molecular formula is C26H27BrN4O3S. The fourth-order valence-corrected chi connectivity index (χ4v) is 4.74. The Morgan fingerprint density at radius 3 is 2.60 bits per heavy atom. The highest BCUT2D eigenvalue weighted by Crippen LogP contribution is 2.31. The van der Waals surface area contributed by atoms with E-state index < -0.39 is 5.91 Å². The highest BCUT2D eigenvalue weighted by atomic mass is 79.9. The number of halogens is 1. The Balaban J connectivity index is 1.44. The highest BCUT2D eigenvalue weighted by molar-refractivity contribution is 9.10. The average Bonchev–Trinajstić information content (AvgIpc) is 3.28. The average molecular weight is 555 g/mol. The zero-order valence-corrected chi connectivity index (χ0v) is 22.3. The van der Waals surface area contributed by atoms with Crippen LogP contribution < -0.4 is 9.47 Å². The highest BCUT2D eigenvalue weighted by Gasteiger charge is 2.35. The van der Waals surface area contributed by atoms with Crippen molar-refractivity contribution < 1.29 is 14.3 Å². The lowest BCUT2D eigenvalue weighted by atomic mass is 9.99. The second-order valence-electron chi connectivity index (χ2n) is 8.12. The van der Waals surface area contributed by atoms with E-state index in [0.29, 0.717) is 42.0 Å². The number of fused-ring (bicyclic) bond motifs is 1. The van der Waals surface area contributed by atoms with Crippen molar-refractivity contribution in [3.63, 3.8) is 0 Å². The Labute approximate surface area is 217 Å². The molecule has 0 radical (unpaired) electrons. The minimum absolute atomic E-state index is 0.00560. The van der Waals surface area contributed by atoms with Crippen LogP contribution in [0.4, 0.5) is 0 Å². The fourth-order valence-electron chi connectivity index (χ4n) is 3.53. The molecule has 1 N–H and O–H groups in total. The molecule has 2 aromatic carbocycles. The molecule has 7 nitrogen and oxygen atoms in total. The summed E-state index contributed by atoms with van der Waals surface area (Å²) in [5, 5.41) is 15.6. The van der Waals surface area contributed by atoms with Crippen molar-refractivity contribution in [3.8, 4) is 11.5 Å². The van der Waals surface area contributed by atoms with Gasteiger partial charge in [0, 0.05) is 10.0 Å². The third kappa shape index (κ3) is 5.85. The number of rotatable bonds is 9. The number of nitrogens with zero attached hydrogens (tertiary/aromatic N) is 3. The summed E-state index contributed by atoms with van der Waals surface area (Å²) in [5.41, 5.74) is 2.12. The van der Waals surface area contributed by atoms with E-state index in [-0.39, 0.29) is 11.4 Å². The first-order valence-corrected chi connectivity index (χ1v) is 13.1. The summed E-state index contributed by atoms with van der Waals surface area (Å²) in [6.07, 6.45) is 3.44. The summed E-state index contributed by atoms with van der Waals surface area (Å²) in [7, 11) is 0. The van der Waals surface area contributed by atoms with Gasteiger partial charge in [0.05, 0.1) is 5.57 Å². The number of nitrogens with one attached hydrogen (secondary N) is 1. The zero-order chi connectivity index (χ0) is 24.9. The molecule has 2 heterocycles. The van der Waals surface area contributed by atoms with Crippen LogP contribution in [0, 0.1) is 5.41 Å². The van der Waals surface area contributed by atoms with Crippen LogP contribution in [0.3, 0.4) is 0 Å². The molecular weight excluding hydrogens is 528 g/mol. The predicted molar refractivity (Wildman–Crippen MR) is 146 cm³/mol. The monoisotopic (exact) mass is 554 g/mol. The first-order chi connectivity index (χ1) is 16.9. The van der Waals surface area contributed by atoms with Gasteiger partial charge in [0.25, 0.3) is 5.91 Å². The van der Waals surface area contributed by atoms with Crippen molar-refractivity contribution in [2.24, 2.45) is 10.1 Å².